The van der Waals surface area contributed by atoms with Gasteiger partial charge in [-0.05, 0) is 32.4 Å². The van der Waals surface area contributed by atoms with Gasteiger partial charge in [0.15, 0.2) is 10.2 Å². The minimum absolute atomic E-state index is 0.0149. The summed E-state index contributed by atoms with van der Waals surface area (Å²) in [6.07, 6.45) is 3.26. The minimum Gasteiger partial charge on any atom is -0.288 e. The molecule has 2 rings (SSSR count). The summed E-state index contributed by atoms with van der Waals surface area (Å²) in [6, 6.07) is 5.23. The predicted octanol–water partition coefficient (Wildman–Crippen LogP) is 2.84. The Labute approximate surface area is 124 Å². The highest BCUT2D eigenvalue weighted by molar-refractivity contribution is 7.89. The lowest BCUT2D eigenvalue weighted by Gasteiger charge is -2.25. The molecule has 110 valence electrons. The summed E-state index contributed by atoms with van der Waals surface area (Å²) in [5.41, 5.74) is -0.0262. The maximum absolute atomic E-state index is 12.6. The lowest BCUT2D eigenvalue weighted by atomic mass is 10.0. The van der Waals surface area contributed by atoms with Crippen LogP contribution in [0.25, 0.3) is 5.65 Å². The van der Waals surface area contributed by atoms with Gasteiger partial charge in [0.2, 0.25) is 0 Å². The Morgan fingerprint density at radius 1 is 1.40 bits per heavy atom. The molecule has 2 heterocycles. The van der Waals surface area contributed by atoms with Crippen LogP contribution >= 0.6 is 11.6 Å². The highest BCUT2D eigenvalue weighted by atomic mass is 35.5. The SMILES string of the molecule is CCCC(C)(C)NS(=O)(=O)c1c(Cl)nc2ccccn12. The van der Waals surface area contributed by atoms with E-state index in [1.807, 2.05) is 20.8 Å². The highest BCUT2D eigenvalue weighted by Gasteiger charge is 2.30. The van der Waals surface area contributed by atoms with Crippen LogP contribution in [-0.4, -0.2) is 23.3 Å². The molecule has 0 atom stereocenters. The second-order valence-electron chi connectivity index (χ2n) is 5.38. The van der Waals surface area contributed by atoms with E-state index in [-0.39, 0.29) is 10.2 Å². The fourth-order valence-corrected chi connectivity index (χ4v) is 4.36. The van der Waals surface area contributed by atoms with Gasteiger partial charge >= 0.3 is 0 Å². The Kier molecular flexibility index (Phi) is 4.09. The minimum atomic E-state index is -3.74. The van der Waals surface area contributed by atoms with Gasteiger partial charge in [0.25, 0.3) is 10.0 Å². The van der Waals surface area contributed by atoms with E-state index in [4.69, 9.17) is 11.6 Å². The maximum Gasteiger partial charge on any atom is 0.260 e. The number of imidazole rings is 1. The molecule has 20 heavy (non-hydrogen) atoms. The van der Waals surface area contributed by atoms with Crippen molar-refractivity contribution < 1.29 is 8.42 Å². The van der Waals surface area contributed by atoms with Crippen LogP contribution < -0.4 is 4.72 Å². The van der Waals surface area contributed by atoms with E-state index in [9.17, 15) is 8.42 Å². The van der Waals surface area contributed by atoms with Crippen LogP contribution in [0.1, 0.15) is 33.6 Å². The average Bonchev–Trinajstić information content (AvgIpc) is 2.63. The number of halogens is 1. The monoisotopic (exact) mass is 315 g/mol. The van der Waals surface area contributed by atoms with E-state index >= 15 is 0 Å². The first-order valence-electron chi connectivity index (χ1n) is 6.43. The summed E-state index contributed by atoms with van der Waals surface area (Å²) >= 11 is 6.01. The van der Waals surface area contributed by atoms with Crippen LogP contribution in [0.5, 0.6) is 0 Å². The summed E-state index contributed by atoms with van der Waals surface area (Å²) < 4.78 is 29.3. The number of nitrogens with one attached hydrogen (secondary N) is 1. The van der Waals surface area contributed by atoms with Crippen molar-refractivity contribution in [3.05, 3.63) is 29.5 Å². The van der Waals surface area contributed by atoms with Crippen molar-refractivity contribution in [3.63, 3.8) is 0 Å². The summed E-state index contributed by atoms with van der Waals surface area (Å²) in [7, 11) is -3.74. The third-order valence-corrected chi connectivity index (χ3v) is 5.08. The molecule has 0 fully saturated rings. The number of fused-ring (bicyclic) bond motifs is 1. The van der Waals surface area contributed by atoms with Crippen LogP contribution in [0.3, 0.4) is 0 Å². The quantitative estimate of drug-likeness (QED) is 0.922. The van der Waals surface area contributed by atoms with Gasteiger partial charge < -0.3 is 0 Å². The lowest BCUT2D eigenvalue weighted by molar-refractivity contribution is 0.417. The molecule has 0 radical (unpaired) electrons. The van der Waals surface area contributed by atoms with E-state index in [1.165, 1.54) is 4.40 Å². The third kappa shape index (κ3) is 2.97. The van der Waals surface area contributed by atoms with Crippen LogP contribution in [0.4, 0.5) is 0 Å². The Balaban J connectivity index is 2.50. The molecule has 0 aromatic carbocycles. The first-order valence-corrected chi connectivity index (χ1v) is 8.29. The normalized spacial score (nSPS) is 13.0. The van der Waals surface area contributed by atoms with Gasteiger partial charge in [0.05, 0.1) is 0 Å². The van der Waals surface area contributed by atoms with Crippen LogP contribution in [0.15, 0.2) is 29.4 Å². The van der Waals surface area contributed by atoms with Crippen molar-refractivity contribution in [3.8, 4) is 0 Å². The van der Waals surface area contributed by atoms with Gasteiger partial charge in [-0.2, -0.15) is 0 Å². The van der Waals surface area contributed by atoms with Gasteiger partial charge in [-0.3, -0.25) is 4.40 Å². The molecule has 0 saturated heterocycles. The second kappa shape index (κ2) is 5.35. The largest absolute Gasteiger partial charge is 0.288 e. The molecular formula is C13H18ClN3O2S. The summed E-state index contributed by atoms with van der Waals surface area (Å²) in [4.78, 5) is 4.06. The number of hydrogen-bond acceptors (Lipinski definition) is 3. The van der Waals surface area contributed by atoms with Gasteiger partial charge in [-0.1, -0.05) is 31.0 Å². The number of hydrogen-bond donors (Lipinski definition) is 1. The summed E-state index contributed by atoms with van der Waals surface area (Å²) in [5, 5.41) is -0.0325. The lowest BCUT2D eigenvalue weighted by Crippen LogP contribution is -2.43. The zero-order valence-electron chi connectivity index (χ0n) is 11.7. The molecule has 0 amide bonds. The van der Waals surface area contributed by atoms with Crippen LogP contribution in [0, 0.1) is 0 Å². The molecule has 2 aromatic heterocycles. The van der Waals surface area contributed by atoms with Crippen molar-refractivity contribution >= 4 is 27.3 Å². The van der Waals surface area contributed by atoms with Crippen molar-refractivity contribution in [2.45, 2.75) is 44.2 Å². The van der Waals surface area contributed by atoms with Gasteiger partial charge in [0, 0.05) is 11.7 Å². The molecule has 2 aromatic rings. The summed E-state index contributed by atoms with van der Waals surface area (Å²) in [5.74, 6) is 0. The molecule has 0 spiro atoms. The van der Waals surface area contributed by atoms with Gasteiger partial charge in [-0.25, -0.2) is 18.1 Å². The molecule has 1 N–H and O–H groups in total. The zero-order valence-corrected chi connectivity index (χ0v) is 13.3. The number of nitrogens with zero attached hydrogens (tertiary/aromatic N) is 2. The molecule has 7 heteroatoms. The molecule has 0 aliphatic rings. The van der Waals surface area contributed by atoms with Gasteiger partial charge in [0.1, 0.15) is 5.65 Å². The fourth-order valence-electron chi connectivity index (χ4n) is 2.27. The first-order chi connectivity index (χ1) is 9.27. The molecule has 0 saturated carbocycles. The van der Waals surface area contributed by atoms with E-state index in [2.05, 4.69) is 9.71 Å². The predicted molar refractivity (Wildman–Crippen MR) is 79.5 cm³/mol. The molecule has 5 nitrogen and oxygen atoms in total. The number of rotatable bonds is 5. The zero-order chi connectivity index (χ0) is 15.0. The smallest absolute Gasteiger partial charge is 0.260 e. The van der Waals surface area contributed by atoms with E-state index in [0.717, 1.165) is 12.8 Å². The Bertz CT molecular complexity index is 722. The first kappa shape index (κ1) is 15.3. The van der Waals surface area contributed by atoms with E-state index < -0.39 is 15.6 Å². The van der Waals surface area contributed by atoms with Crippen molar-refractivity contribution in [2.75, 3.05) is 0 Å². The summed E-state index contributed by atoms with van der Waals surface area (Å²) in [6.45, 7) is 5.72. The Morgan fingerprint density at radius 3 is 2.75 bits per heavy atom. The van der Waals surface area contributed by atoms with Crippen molar-refractivity contribution in [2.24, 2.45) is 0 Å². The molecule has 0 bridgehead atoms. The second-order valence-corrected chi connectivity index (χ2v) is 7.33. The third-order valence-electron chi connectivity index (χ3n) is 2.99. The topological polar surface area (TPSA) is 63.5 Å². The van der Waals surface area contributed by atoms with Crippen molar-refractivity contribution in [1.29, 1.82) is 0 Å². The van der Waals surface area contributed by atoms with Gasteiger partial charge in [-0.15, -0.1) is 0 Å². The standard InChI is InChI=1S/C13H18ClN3O2S/c1-4-8-13(2,3)16-20(18,19)12-11(14)15-10-7-5-6-9-17(10)12/h5-7,9,16H,4,8H2,1-3H3. The van der Waals surface area contributed by atoms with E-state index in [0.29, 0.717) is 5.65 Å². The fraction of sp³-hybridized carbons (Fsp3) is 0.462. The van der Waals surface area contributed by atoms with Crippen LogP contribution in [-0.2, 0) is 10.0 Å². The number of aromatic nitrogens is 2. The molecular weight excluding hydrogens is 298 g/mol. The van der Waals surface area contributed by atoms with Crippen molar-refractivity contribution in [1.82, 2.24) is 14.1 Å². The Hall–Kier alpha value is -1.11. The average molecular weight is 316 g/mol. The Morgan fingerprint density at radius 2 is 2.10 bits per heavy atom. The molecule has 0 unspecified atom stereocenters. The highest BCUT2D eigenvalue weighted by Crippen LogP contribution is 2.24. The number of pyridine rings is 1. The van der Waals surface area contributed by atoms with Crippen LogP contribution in [0.2, 0.25) is 5.15 Å². The molecule has 0 aliphatic heterocycles. The molecule has 0 aliphatic carbocycles. The van der Waals surface area contributed by atoms with E-state index in [1.54, 1.807) is 24.4 Å². The maximum atomic E-state index is 12.6. The number of sulfonamides is 1.